The zero-order chi connectivity index (χ0) is 9.40. The zero-order valence-electron chi connectivity index (χ0n) is 8.21. The highest BCUT2D eigenvalue weighted by Gasteiger charge is 1.97. The number of thioether (sulfide) groups is 1. The Kier molecular flexibility index (Phi) is 8.24. The Morgan fingerprint density at radius 1 is 1.50 bits per heavy atom. The van der Waals surface area contributed by atoms with E-state index >= 15 is 0 Å². The average molecular weight is 205 g/mol. The van der Waals surface area contributed by atoms with E-state index in [2.05, 4.69) is 38.4 Å². The Hall–Kier alpha value is 0.370. The summed E-state index contributed by atoms with van der Waals surface area (Å²) in [5.41, 5.74) is 0. The van der Waals surface area contributed by atoms with Crippen molar-refractivity contribution in [3.05, 3.63) is 0 Å². The summed E-state index contributed by atoms with van der Waals surface area (Å²) in [7, 11) is 0. The van der Waals surface area contributed by atoms with Crippen LogP contribution in [-0.4, -0.2) is 22.6 Å². The Morgan fingerprint density at radius 3 is 2.17 bits per heavy atom. The van der Waals surface area contributed by atoms with E-state index in [-0.39, 0.29) is 0 Å². The quantitative estimate of drug-likeness (QED) is 0.683. The summed E-state index contributed by atoms with van der Waals surface area (Å²) in [4.78, 5) is 4.12. The molecular weight excluding hydrogens is 186 g/mol. The Labute approximate surface area is 85.8 Å². The second-order valence-corrected chi connectivity index (χ2v) is 4.74. The number of nitrogens with zero attached hydrogens (tertiary/aromatic N) is 1. The molecule has 0 bridgehead atoms. The first-order valence-electron chi connectivity index (χ1n) is 4.52. The third-order valence-corrected chi connectivity index (χ3v) is 3.34. The summed E-state index contributed by atoms with van der Waals surface area (Å²) in [6.07, 6.45) is 2.39. The number of hydrogen-bond donors (Lipinski definition) is 1. The van der Waals surface area contributed by atoms with Gasteiger partial charge in [-0.1, -0.05) is 13.8 Å². The SMILES string of the molecule is CC1=NCCS1.CCC(S)CC. The molecule has 1 rings (SSSR count). The molecule has 3 heteroatoms. The van der Waals surface area contributed by atoms with E-state index in [0.717, 1.165) is 6.54 Å². The van der Waals surface area contributed by atoms with Gasteiger partial charge in [-0.25, -0.2) is 0 Å². The van der Waals surface area contributed by atoms with Gasteiger partial charge in [0.05, 0.1) is 5.04 Å². The molecule has 1 aliphatic rings. The summed E-state index contributed by atoms with van der Waals surface area (Å²) in [5.74, 6) is 1.20. The van der Waals surface area contributed by atoms with Gasteiger partial charge in [-0.3, -0.25) is 4.99 Å². The fourth-order valence-corrected chi connectivity index (χ4v) is 1.39. The predicted octanol–water partition coefficient (Wildman–Crippen LogP) is 3.26. The lowest BCUT2D eigenvalue weighted by atomic mass is 10.3. The van der Waals surface area contributed by atoms with Crippen LogP contribution in [0.5, 0.6) is 0 Å². The van der Waals surface area contributed by atoms with Gasteiger partial charge in [0.15, 0.2) is 0 Å². The van der Waals surface area contributed by atoms with Crippen molar-refractivity contribution >= 4 is 29.4 Å². The van der Waals surface area contributed by atoms with Crippen molar-refractivity contribution in [2.45, 2.75) is 38.9 Å². The summed E-state index contributed by atoms with van der Waals surface area (Å²) in [6, 6.07) is 0. The molecule has 72 valence electrons. The highest BCUT2D eigenvalue weighted by Crippen LogP contribution is 2.09. The predicted molar refractivity (Wildman–Crippen MR) is 63.8 cm³/mol. The van der Waals surface area contributed by atoms with E-state index in [0.29, 0.717) is 5.25 Å². The van der Waals surface area contributed by atoms with Crippen LogP contribution in [0.4, 0.5) is 0 Å². The Balaban J connectivity index is 0.000000202. The van der Waals surface area contributed by atoms with Crippen LogP contribution in [0.3, 0.4) is 0 Å². The fraction of sp³-hybridized carbons (Fsp3) is 0.889. The Bertz CT molecular complexity index is 130. The standard InChI is InChI=1S/C5H12S.C4H7NS/c1-3-5(6)4-2;1-4-5-2-3-6-4/h5-6H,3-4H2,1-2H3;2-3H2,1H3. The molecule has 0 radical (unpaired) electrons. The molecule has 1 nitrogen and oxygen atoms in total. The van der Waals surface area contributed by atoms with E-state index in [1.807, 2.05) is 11.8 Å². The minimum Gasteiger partial charge on any atom is -0.282 e. The lowest BCUT2D eigenvalue weighted by Gasteiger charge is -1.97. The molecule has 0 aromatic carbocycles. The Morgan fingerprint density at radius 2 is 2.08 bits per heavy atom. The smallest absolute Gasteiger partial charge is 0.0645 e. The van der Waals surface area contributed by atoms with Crippen LogP contribution in [0.15, 0.2) is 4.99 Å². The van der Waals surface area contributed by atoms with Crippen molar-refractivity contribution < 1.29 is 0 Å². The van der Waals surface area contributed by atoms with Crippen LogP contribution >= 0.6 is 24.4 Å². The molecule has 0 aliphatic carbocycles. The molecule has 1 heterocycles. The van der Waals surface area contributed by atoms with E-state index in [4.69, 9.17) is 0 Å². The molecule has 0 fully saturated rings. The lowest BCUT2D eigenvalue weighted by molar-refractivity contribution is 0.798. The average Bonchev–Trinajstić information content (AvgIpc) is 2.55. The molecule has 0 saturated carbocycles. The molecule has 0 N–H and O–H groups in total. The zero-order valence-corrected chi connectivity index (χ0v) is 9.92. The van der Waals surface area contributed by atoms with Gasteiger partial charge in [0.2, 0.25) is 0 Å². The van der Waals surface area contributed by atoms with Gasteiger partial charge in [-0.2, -0.15) is 12.6 Å². The highest BCUT2D eigenvalue weighted by molar-refractivity contribution is 8.14. The van der Waals surface area contributed by atoms with Crippen molar-refractivity contribution in [1.82, 2.24) is 0 Å². The molecule has 0 spiro atoms. The van der Waals surface area contributed by atoms with Crippen LogP contribution in [0.1, 0.15) is 33.6 Å². The van der Waals surface area contributed by atoms with Crippen LogP contribution in [-0.2, 0) is 0 Å². The highest BCUT2D eigenvalue weighted by atomic mass is 32.2. The number of hydrogen-bond acceptors (Lipinski definition) is 3. The number of aliphatic imine (C=N–C) groups is 1. The van der Waals surface area contributed by atoms with Crippen LogP contribution in [0, 0.1) is 0 Å². The van der Waals surface area contributed by atoms with E-state index in [1.54, 1.807) is 0 Å². The van der Waals surface area contributed by atoms with Gasteiger partial charge in [-0.05, 0) is 19.8 Å². The molecular formula is C9H19NS2. The van der Waals surface area contributed by atoms with E-state index < -0.39 is 0 Å². The first kappa shape index (κ1) is 12.4. The van der Waals surface area contributed by atoms with Gasteiger partial charge in [0.25, 0.3) is 0 Å². The summed E-state index contributed by atoms with van der Waals surface area (Å²) in [5, 5.41) is 1.88. The lowest BCUT2D eigenvalue weighted by Crippen LogP contribution is -1.89. The monoisotopic (exact) mass is 205 g/mol. The number of rotatable bonds is 2. The normalized spacial score (nSPS) is 15.6. The van der Waals surface area contributed by atoms with E-state index in [1.165, 1.54) is 23.6 Å². The van der Waals surface area contributed by atoms with Crippen molar-refractivity contribution in [1.29, 1.82) is 0 Å². The van der Waals surface area contributed by atoms with Crippen LogP contribution < -0.4 is 0 Å². The van der Waals surface area contributed by atoms with Crippen molar-refractivity contribution in [2.75, 3.05) is 12.3 Å². The van der Waals surface area contributed by atoms with Crippen molar-refractivity contribution in [2.24, 2.45) is 4.99 Å². The number of thiol groups is 1. The minimum absolute atomic E-state index is 0.630. The van der Waals surface area contributed by atoms with Crippen LogP contribution in [0.25, 0.3) is 0 Å². The van der Waals surface area contributed by atoms with Gasteiger partial charge in [0.1, 0.15) is 0 Å². The molecule has 0 saturated heterocycles. The molecule has 0 unspecified atom stereocenters. The topological polar surface area (TPSA) is 12.4 Å². The third-order valence-electron chi connectivity index (χ3n) is 1.68. The summed E-state index contributed by atoms with van der Waals surface area (Å²) < 4.78 is 0. The summed E-state index contributed by atoms with van der Waals surface area (Å²) in [6.45, 7) is 7.40. The minimum atomic E-state index is 0.630. The first-order valence-corrected chi connectivity index (χ1v) is 6.02. The fourth-order valence-electron chi connectivity index (χ4n) is 0.731. The molecule has 0 aromatic heterocycles. The maximum atomic E-state index is 4.23. The second-order valence-electron chi connectivity index (χ2n) is 2.72. The van der Waals surface area contributed by atoms with Crippen molar-refractivity contribution in [3.8, 4) is 0 Å². The van der Waals surface area contributed by atoms with Crippen molar-refractivity contribution in [3.63, 3.8) is 0 Å². The van der Waals surface area contributed by atoms with Gasteiger partial charge < -0.3 is 0 Å². The largest absolute Gasteiger partial charge is 0.282 e. The molecule has 0 atom stereocenters. The maximum Gasteiger partial charge on any atom is 0.0645 e. The molecule has 1 aliphatic heterocycles. The molecule has 0 amide bonds. The van der Waals surface area contributed by atoms with Gasteiger partial charge in [0, 0.05) is 17.5 Å². The first-order chi connectivity index (χ1) is 5.70. The maximum absolute atomic E-state index is 4.23. The second kappa shape index (κ2) is 7.99. The molecule has 0 aromatic rings. The third kappa shape index (κ3) is 7.04. The molecule has 12 heavy (non-hydrogen) atoms. The van der Waals surface area contributed by atoms with Gasteiger partial charge in [-0.15, -0.1) is 11.8 Å². The van der Waals surface area contributed by atoms with E-state index in [9.17, 15) is 0 Å². The van der Waals surface area contributed by atoms with Crippen LogP contribution in [0.2, 0.25) is 0 Å². The van der Waals surface area contributed by atoms with Gasteiger partial charge >= 0.3 is 0 Å². The summed E-state index contributed by atoms with van der Waals surface area (Å²) >= 11 is 6.08.